The average molecular weight is 169 g/mol. The van der Waals surface area contributed by atoms with Gasteiger partial charge >= 0.3 is 0 Å². The Hall–Kier alpha value is -0.0800. The van der Waals surface area contributed by atoms with Crippen molar-refractivity contribution in [1.82, 2.24) is 4.90 Å². The summed E-state index contributed by atoms with van der Waals surface area (Å²) >= 11 is 0. The minimum Gasteiger partial charge on any atom is -0.377 e. The van der Waals surface area contributed by atoms with Gasteiger partial charge in [0.2, 0.25) is 0 Å². The first kappa shape index (κ1) is 8.52. The van der Waals surface area contributed by atoms with E-state index in [0.29, 0.717) is 12.1 Å². The summed E-state index contributed by atoms with van der Waals surface area (Å²) in [5.74, 6) is 1.96. The second-order valence-electron chi connectivity index (χ2n) is 4.25. The fourth-order valence-corrected chi connectivity index (χ4v) is 2.79. The highest BCUT2D eigenvalue weighted by Gasteiger charge is 2.52. The van der Waals surface area contributed by atoms with Crippen LogP contribution in [-0.4, -0.2) is 37.2 Å². The lowest BCUT2D eigenvalue weighted by Crippen LogP contribution is -2.39. The van der Waals surface area contributed by atoms with Crippen LogP contribution in [0.15, 0.2) is 0 Å². The Morgan fingerprint density at radius 1 is 1.58 bits per heavy atom. The molecule has 0 bridgehead atoms. The SMILES string of the molecule is CCO[C@@H](C)[C@@H]1[C@H]2C[C@H]2CN1C. The number of fused-ring (bicyclic) bond motifs is 1. The van der Waals surface area contributed by atoms with E-state index in [0.717, 1.165) is 18.4 Å². The monoisotopic (exact) mass is 169 g/mol. The van der Waals surface area contributed by atoms with Crippen LogP contribution in [0.3, 0.4) is 0 Å². The van der Waals surface area contributed by atoms with Crippen LogP contribution in [0.2, 0.25) is 0 Å². The Balaban J connectivity index is 1.92. The van der Waals surface area contributed by atoms with E-state index in [1.807, 2.05) is 0 Å². The third-order valence-electron chi connectivity index (χ3n) is 3.36. The van der Waals surface area contributed by atoms with Crippen molar-refractivity contribution in [2.24, 2.45) is 11.8 Å². The van der Waals surface area contributed by atoms with E-state index in [1.165, 1.54) is 13.0 Å². The minimum absolute atomic E-state index is 0.428. The Morgan fingerprint density at radius 2 is 2.33 bits per heavy atom. The molecule has 12 heavy (non-hydrogen) atoms. The van der Waals surface area contributed by atoms with Crippen LogP contribution >= 0.6 is 0 Å². The van der Waals surface area contributed by atoms with E-state index in [-0.39, 0.29) is 0 Å². The van der Waals surface area contributed by atoms with Crippen LogP contribution in [-0.2, 0) is 4.74 Å². The maximum atomic E-state index is 5.65. The molecule has 0 aromatic rings. The summed E-state index contributed by atoms with van der Waals surface area (Å²) in [4.78, 5) is 2.47. The zero-order chi connectivity index (χ0) is 8.72. The third-order valence-corrected chi connectivity index (χ3v) is 3.36. The van der Waals surface area contributed by atoms with Gasteiger partial charge in [0.1, 0.15) is 0 Å². The van der Waals surface area contributed by atoms with Crippen molar-refractivity contribution < 1.29 is 4.74 Å². The number of rotatable bonds is 3. The Labute approximate surface area is 74.9 Å². The second kappa shape index (κ2) is 3.00. The quantitative estimate of drug-likeness (QED) is 0.632. The first-order valence-electron chi connectivity index (χ1n) is 5.06. The maximum absolute atomic E-state index is 5.65. The normalized spacial score (nSPS) is 42.8. The number of piperidine rings is 1. The zero-order valence-electron chi connectivity index (χ0n) is 8.29. The minimum atomic E-state index is 0.428. The second-order valence-corrected chi connectivity index (χ2v) is 4.25. The van der Waals surface area contributed by atoms with Crippen LogP contribution < -0.4 is 0 Å². The molecular formula is C10H19NO. The number of nitrogens with zero attached hydrogens (tertiary/aromatic N) is 1. The summed E-state index contributed by atoms with van der Waals surface area (Å²) in [6.07, 6.45) is 1.88. The molecule has 1 saturated heterocycles. The molecule has 2 heteroatoms. The van der Waals surface area contributed by atoms with E-state index in [4.69, 9.17) is 4.74 Å². The molecule has 70 valence electrons. The Bertz CT molecular complexity index is 169. The largest absolute Gasteiger partial charge is 0.377 e. The summed E-state index contributed by atoms with van der Waals surface area (Å²) in [5, 5.41) is 0. The molecule has 0 amide bonds. The van der Waals surface area contributed by atoms with Crippen molar-refractivity contribution in [2.45, 2.75) is 32.4 Å². The van der Waals surface area contributed by atoms with Gasteiger partial charge in [0.05, 0.1) is 6.10 Å². The molecule has 4 atom stereocenters. The Morgan fingerprint density at radius 3 is 2.83 bits per heavy atom. The van der Waals surface area contributed by atoms with E-state index in [1.54, 1.807) is 0 Å². The molecule has 2 rings (SSSR count). The average Bonchev–Trinajstić information content (AvgIpc) is 2.63. The molecule has 1 saturated carbocycles. The van der Waals surface area contributed by atoms with E-state index in [9.17, 15) is 0 Å². The highest BCUT2D eigenvalue weighted by atomic mass is 16.5. The number of likely N-dealkylation sites (N-methyl/N-ethyl adjacent to an activating group) is 1. The molecule has 1 aliphatic heterocycles. The van der Waals surface area contributed by atoms with Gasteiger partial charge in [-0.05, 0) is 39.2 Å². The molecule has 0 N–H and O–H groups in total. The predicted molar refractivity (Wildman–Crippen MR) is 49.1 cm³/mol. The van der Waals surface area contributed by atoms with Gasteiger partial charge in [-0.15, -0.1) is 0 Å². The van der Waals surface area contributed by atoms with Crippen molar-refractivity contribution in [3.05, 3.63) is 0 Å². The topological polar surface area (TPSA) is 12.5 Å². The highest BCUT2D eigenvalue weighted by Crippen LogP contribution is 2.50. The van der Waals surface area contributed by atoms with Crippen molar-refractivity contribution in [3.63, 3.8) is 0 Å². The van der Waals surface area contributed by atoms with Crippen LogP contribution in [0.1, 0.15) is 20.3 Å². The van der Waals surface area contributed by atoms with Crippen molar-refractivity contribution >= 4 is 0 Å². The third kappa shape index (κ3) is 1.27. The van der Waals surface area contributed by atoms with Crippen LogP contribution in [0, 0.1) is 11.8 Å². The molecule has 2 nitrogen and oxygen atoms in total. The number of ether oxygens (including phenoxy) is 1. The number of hydrogen-bond acceptors (Lipinski definition) is 2. The molecular weight excluding hydrogens is 150 g/mol. The van der Waals surface area contributed by atoms with Gasteiger partial charge in [-0.3, -0.25) is 0 Å². The number of likely N-dealkylation sites (tertiary alicyclic amines) is 1. The lowest BCUT2D eigenvalue weighted by Gasteiger charge is -2.28. The van der Waals surface area contributed by atoms with Gasteiger partial charge in [-0.1, -0.05) is 0 Å². The Kier molecular flexibility index (Phi) is 2.13. The highest BCUT2D eigenvalue weighted by molar-refractivity contribution is 5.05. The van der Waals surface area contributed by atoms with Crippen LogP contribution in [0.4, 0.5) is 0 Å². The van der Waals surface area contributed by atoms with Gasteiger partial charge in [-0.25, -0.2) is 0 Å². The van der Waals surface area contributed by atoms with E-state index in [2.05, 4.69) is 25.8 Å². The summed E-state index contributed by atoms with van der Waals surface area (Å²) in [6, 6.07) is 0.704. The fourth-order valence-electron chi connectivity index (χ4n) is 2.79. The van der Waals surface area contributed by atoms with Gasteiger partial charge in [0.25, 0.3) is 0 Å². The molecule has 1 heterocycles. The number of hydrogen-bond donors (Lipinski definition) is 0. The van der Waals surface area contributed by atoms with Gasteiger partial charge in [0, 0.05) is 19.2 Å². The summed E-state index contributed by atoms with van der Waals surface area (Å²) in [7, 11) is 2.23. The molecule has 0 spiro atoms. The predicted octanol–water partition coefficient (Wildman–Crippen LogP) is 1.36. The molecule has 0 unspecified atom stereocenters. The van der Waals surface area contributed by atoms with Crippen LogP contribution in [0.25, 0.3) is 0 Å². The zero-order valence-corrected chi connectivity index (χ0v) is 8.29. The molecule has 0 aromatic carbocycles. The fraction of sp³-hybridized carbons (Fsp3) is 1.00. The molecule has 2 aliphatic rings. The van der Waals surface area contributed by atoms with Crippen LogP contribution in [0.5, 0.6) is 0 Å². The standard InChI is InChI=1S/C10H19NO/c1-4-12-7(2)10-9-5-8(9)6-11(10)3/h7-10H,4-6H2,1-3H3/t7-,8-,9-,10+/m0/s1. The molecule has 0 aromatic heterocycles. The summed E-state index contributed by atoms with van der Waals surface area (Å²) in [6.45, 7) is 6.44. The lowest BCUT2D eigenvalue weighted by atomic mass is 10.1. The van der Waals surface area contributed by atoms with Crippen molar-refractivity contribution in [2.75, 3.05) is 20.2 Å². The van der Waals surface area contributed by atoms with E-state index >= 15 is 0 Å². The summed E-state index contributed by atoms with van der Waals surface area (Å²) < 4.78 is 5.65. The maximum Gasteiger partial charge on any atom is 0.0704 e. The smallest absolute Gasteiger partial charge is 0.0704 e. The molecule has 1 aliphatic carbocycles. The van der Waals surface area contributed by atoms with Crippen molar-refractivity contribution in [3.8, 4) is 0 Å². The summed E-state index contributed by atoms with van der Waals surface area (Å²) in [5.41, 5.74) is 0. The lowest BCUT2D eigenvalue weighted by molar-refractivity contribution is 0.0142. The van der Waals surface area contributed by atoms with Crippen molar-refractivity contribution in [1.29, 1.82) is 0 Å². The van der Waals surface area contributed by atoms with E-state index < -0.39 is 0 Å². The molecule has 2 fully saturated rings. The first-order chi connectivity index (χ1) is 5.74. The first-order valence-corrected chi connectivity index (χ1v) is 5.06. The van der Waals surface area contributed by atoms with Gasteiger partial charge in [-0.2, -0.15) is 0 Å². The molecule has 0 radical (unpaired) electrons. The van der Waals surface area contributed by atoms with Gasteiger partial charge < -0.3 is 9.64 Å². The van der Waals surface area contributed by atoms with Gasteiger partial charge in [0.15, 0.2) is 0 Å².